The molecule has 4 nitrogen and oxygen atoms in total. The fraction of sp³-hybridized carbons (Fsp3) is 0.238. The predicted molar refractivity (Wildman–Crippen MR) is 97.0 cm³/mol. The molecule has 0 aliphatic heterocycles. The van der Waals surface area contributed by atoms with Crippen LogP contribution in [0.3, 0.4) is 0 Å². The summed E-state index contributed by atoms with van der Waals surface area (Å²) in [5.41, 5.74) is 1.78. The first-order valence-corrected chi connectivity index (χ1v) is 8.34. The van der Waals surface area contributed by atoms with Crippen molar-refractivity contribution in [3.05, 3.63) is 72.1 Å². The molecule has 0 aliphatic rings. The zero-order valence-electron chi connectivity index (χ0n) is 14.8. The van der Waals surface area contributed by atoms with Crippen LogP contribution in [0.4, 0.5) is 4.39 Å². The van der Waals surface area contributed by atoms with Crippen molar-refractivity contribution in [3.63, 3.8) is 0 Å². The van der Waals surface area contributed by atoms with Crippen LogP contribution < -0.4 is 0 Å². The first-order valence-electron chi connectivity index (χ1n) is 8.34. The Balaban J connectivity index is 1.94. The number of halogens is 1. The van der Waals surface area contributed by atoms with Crippen molar-refractivity contribution < 1.29 is 23.5 Å². The minimum absolute atomic E-state index is 0.0249. The van der Waals surface area contributed by atoms with Crippen molar-refractivity contribution in [3.8, 4) is 11.1 Å². The zero-order valence-corrected chi connectivity index (χ0v) is 14.8. The standard InChI is InChI=1S/C21H21FO4/c1-3-7-20(23)25-12-13-26-21(24)15(2)17-10-11-18(19(22)14-17)16-8-5-4-6-9-16/h3-11,14-15H,12-13H2,1-2H3/b7-3+. The Morgan fingerprint density at radius 2 is 1.77 bits per heavy atom. The Morgan fingerprint density at radius 1 is 1.08 bits per heavy atom. The summed E-state index contributed by atoms with van der Waals surface area (Å²) in [6.45, 7) is 3.27. The van der Waals surface area contributed by atoms with Crippen LogP contribution in [-0.4, -0.2) is 25.2 Å². The third kappa shape index (κ3) is 5.28. The Hall–Kier alpha value is -2.95. The van der Waals surface area contributed by atoms with Gasteiger partial charge < -0.3 is 9.47 Å². The molecule has 1 atom stereocenters. The number of carbonyl (C=O) groups is 2. The van der Waals surface area contributed by atoms with E-state index >= 15 is 0 Å². The van der Waals surface area contributed by atoms with Crippen LogP contribution in [0.25, 0.3) is 11.1 Å². The van der Waals surface area contributed by atoms with E-state index in [1.807, 2.05) is 30.3 Å². The van der Waals surface area contributed by atoms with E-state index in [1.165, 1.54) is 12.1 Å². The average molecular weight is 356 g/mol. The monoisotopic (exact) mass is 356 g/mol. The maximum absolute atomic E-state index is 14.4. The molecular formula is C21H21FO4. The summed E-state index contributed by atoms with van der Waals surface area (Å²) in [6, 6.07) is 13.9. The molecule has 0 N–H and O–H groups in total. The van der Waals surface area contributed by atoms with Crippen LogP contribution in [-0.2, 0) is 19.1 Å². The summed E-state index contributed by atoms with van der Waals surface area (Å²) in [4.78, 5) is 23.2. The quantitative estimate of drug-likeness (QED) is 0.423. The molecule has 1 unspecified atom stereocenters. The SMILES string of the molecule is C/C=C/C(=O)OCCOC(=O)C(C)c1ccc(-c2ccccc2)c(F)c1. The average Bonchev–Trinajstić information content (AvgIpc) is 2.65. The van der Waals surface area contributed by atoms with Gasteiger partial charge in [0, 0.05) is 11.6 Å². The van der Waals surface area contributed by atoms with Crippen LogP contribution in [0.5, 0.6) is 0 Å². The Kier molecular flexibility index (Phi) is 7.09. The summed E-state index contributed by atoms with van der Waals surface area (Å²) in [5, 5.41) is 0. The van der Waals surface area contributed by atoms with Gasteiger partial charge in [0.15, 0.2) is 0 Å². The molecule has 0 aliphatic carbocycles. The molecule has 0 aromatic heterocycles. The Morgan fingerprint density at radius 3 is 2.42 bits per heavy atom. The van der Waals surface area contributed by atoms with Gasteiger partial charge in [-0.25, -0.2) is 9.18 Å². The predicted octanol–water partition coefficient (Wildman–Crippen LogP) is 4.26. The maximum atomic E-state index is 14.4. The van der Waals surface area contributed by atoms with E-state index in [0.717, 1.165) is 5.56 Å². The van der Waals surface area contributed by atoms with Gasteiger partial charge in [-0.2, -0.15) is 0 Å². The smallest absolute Gasteiger partial charge is 0.330 e. The fourth-order valence-electron chi connectivity index (χ4n) is 2.38. The second kappa shape index (κ2) is 9.51. The highest BCUT2D eigenvalue weighted by atomic mass is 19.1. The molecule has 0 heterocycles. The molecule has 0 saturated carbocycles. The van der Waals surface area contributed by atoms with Gasteiger partial charge >= 0.3 is 11.9 Å². The largest absolute Gasteiger partial charge is 0.462 e. The summed E-state index contributed by atoms with van der Waals surface area (Å²) >= 11 is 0. The molecular weight excluding hydrogens is 335 g/mol. The minimum atomic E-state index is -0.624. The topological polar surface area (TPSA) is 52.6 Å². The van der Waals surface area contributed by atoms with Crippen molar-refractivity contribution in [2.75, 3.05) is 13.2 Å². The summed E-state index contributed by atoms with van der Waals surface area (Å²) < 4.78 is 24.3. The molecule has 0 amide bonds. The molecule has 2 aromatic carbocycles. The number of carbonyl (C=O) groups excluding carboxylic acids is 2. The van der Waals surface area contributed by atoms with Gasteiger partial charge in [0.1, 0.15) is 19.0 Å². The van der Waals surface area contributed by atoms with Crippen LogP contribution in [0.15, 0.2) is 60.7 Å². The van der Waals surface area contributed by atoms with Crippen molar-refractivity contribution in [2.45, 2.75) is 19.8 Å². The number of hydrogen-bond donors (Lipinski definition) is 0. The number of benzene rings is 2. The molecule has 2 aromatic rings. The van der Waals surface area contributed by atoms with E-state index in [9.17, 15) is 14.0 Å². The van der Waals surface area contributed by atoms with E-state index in [-0.39, 0.29) is 13.2 Å². The summed E-state index contributed by atoms with van der Waals surface area (Å²) in [6.07, 6.45) is 2.84. The van der Waals surface area contributed by atoms with E-state index in [2.05, 4.69) is 0 Å². The van der Waals surface area contributed by atoms with Crippen molar-refractivity contribution in [2.24, 2.45) is 0 Å². The third-order valence-electron chi connectivity index (χ3n) is 3.81. The van der Waals surface area contributed by atoms with Gasteiger partial charge in [0.05, 0.1) is 5.92 Å². The van der Waals surface area contributed by atoms with Crippen LogP contribution in [0.2, 0.25) is 0 Å². The molecule has 0 fully saturated rings. The zero-order chi connectivity index (χ0) is 18.9. The minimum Gasteiger partial charge on any atom is -0.462 e. The number of allylic oxidation sites excluding steroid dienone is 1. The lowest BCUT2D eigenvalue weighted by molar-refractivity contribution is -0.150. The lowest BCUT2D eigenvalue weighted by atomic mass is 9.97. The summed E-state index contributed by atoms with van der Waals surface area (Å²) in [7, 11) is 0. The number of ether oxygens (including phenoxy) is 2. The normalized spacial score (nSPS) is 12.0. The molecule has 2 rings (SSSR count). The van der Waals surface area contributed by atoms with E-state index in [4.69, 9.17) is 9.47 Å². The van der Waals surface area contributed by atoms with Crippen molar-refractivity contribution in [1.82, 2.24) is 0 Å². The lowest BCUT2D eigenvalue weighted by Gasteiger charge is -2.13. The van der Waals surface area contributed by atoms with Crippen molar-refractivity contribution in [1.29, 1.82) is 0 Å². The molecule has 0 radical (unpaired) electrons. The molecule has 5 heteroatoms. The Bertz CT molecular complexity index is 784. The van der Waals surface area contributed by atoms with Gasteiger partial charge in [-0.1, -0.05) is 48.5 Å². The second-order valence-corrected chi connectivity index (χ2v) is 5.66. The van der Waals surface area contributed by atoms with Gasteiger partial charge in [-0.3, -0.25) is 4.79 Å². The summed E-state index contributed by atoms with van der Waals surface area (Å²) in [5.74, 6) is -2.01. The van der Waals surface area contributed by atoms with Crippen LogP contribution in [0, 0.1) is 5.82 Å². The van der Waals surface area contributed by atoms with E-state index in [1.54, 1.807) is 32.1 Å². The van der Waals surface area contributed by atoms with Gasteiger partial charge in [0.25, 0.3) is 0 Å². The first-order chi connectivity index (χ1) is 12.5. The van der Waals surface area contributed by atoms with E-state index < -0.39 is 23.7 Å². The Labute approximate surface area is 152 Å². The molecule has 136 valence electrons. The molecule has 0 bridgehead atoms. The van der Waals surface area contributed by atoms with E-state index in [0.29, 0.717) is 11.1 Å². The molecule has 0 saturated heterocycles. The third-order valence-corrected chi connectivity index (χ3v) is 3.81. The van der Waals surface area contributed by atoms with Crippen LogP contribution >= 0.6 is 0 Å². The number of esters is 2. The van der Waals surface area contributed by atoms with Gasteiger partial charge in [-0.15, -0.1) is 0 Å². The highest BCUT2D eigenvalue weighted by Gasteiger charge is 2.18. The molecule has 0 spiro atoms. The van der Waals surface area contributed by atoms with Crippen molar-refractivity contribution >= 4 is 11.9 Å². The van der Waals surface area contributed by atoms with Gasteiger partial charge in [-0.05, 0) is 31.0 Å². The number of hydrogen-bond acceptors (Lipinski definition) is 4. The fourth-order valence-corrected chi connectivity index (χ4v) is 2.38. The molecule has 26 heavy (non-hydrogen) atoms. The van der Waals surface area contributed by atoms with Gasteiger partial charge in [0.2, 0.25) is 0 Å². The number of rotatable bonds is 7. The highest BCUT2D eigenvalue weighted by Crippen LogP contribution is 2.26. The maximum Gasteiger partial charge on any atom is 0.330 e. The lowest BCUT2D eigenvalue weighted by Crippen LogP contribution is -2.17. The van der Waals surface area contributed by atoms with Crippen LogP contribution in [0.1, 0.15) is 25.3 Å². The second-order valence-electron chi connectivity index (χ2n) is 5.66. The first kappa shape index (κ1) is 19.4. The highest BCUT2D eigenvalue weighted by molar-refractivity contribution is 5.81.